The Balaban J connectivity index is 1.33. The maximum atomic E-state index is 13.7. The first-order valence-corrected chi connectivity index (χ1v) is 18.8. The highest BCUT2D eigenvalue weighted by Gasteiger charge is 2.33. The van der Waals surface area contributed by atoms with E-state index in [9.17, 15) is 14.4 Å². The van der Waals surface area contributed by atoms with E-state index in [1.54, 1.807) is 0 Å². The third kappa shape index (κ3) is 12.0. The average molecular weight is 684 g/mol. The summed E-state index contributed by atoms with van der Waals surface area (Å²) in [5.74, 6) is -0.513. The van der Waals surface area contributed by atoms with Crippen molar-refractivity contribution < 1.29 is 28.6 Å². The Labute approximate surface area is 299 Å². The summed E-state index contributed by atoms with van der Waals surface area (Å²) in [5, 5.41) is 2.80. The van der Waals surface area contributed by atoms with Crippen LogP contribution in [0.3, 0.4) is 0 Å². The third-order valence-electron chi connectivity index (χ3n) is 9.81. The van der Waals surface area contributed by atoms with Crippen LogP contribution in [0.5, 0.6) is 0 Å². The second kappa shape index (κ2) is 20.5. The standard InChI is InChI=1S/C43H57NO6/c1-5-32(4)41(44-43(47)49-30-39-37-26-18-16-24-35(37)36-25-17-19-27-38(36)39)42(46)50-34(23-15-10-8-6-7-9-12-20-31(2)3)28-40(45)48-29-33-21-13-11-14-22-33/h11,13-14,16-19,21-22,24-27,31-32,34,39,41H,5-10,12,15,20,23,28-30H2,1-4H3,(H,44,47)/t32-,34+,41-/m0/s1. The summed E-state index contributed by atoms with van der Waals surface area (Å²) in [6.45, 7) is 8.71. The van der Waals surface area contributed by atoms with E-state index in [1.807, 2.05) is 68.4 Å². The molecule has 3 atom stereocenters. The van der Waals surface area contributed by atoms with Crippen LogP contribution in [0.1, 0.15) is 121 Å². The van der Waals surface area contributed by atoms with Crippen molar-refractivity contribution in [3.63, 3.8) is 0 Å². The maximum absolute atomic E-state index is 13.7. The molecule has 1 N–H and O–H groups in total. The molecule has 0 aliphatic heterocycles. The molecule has 0 saturated carbocycles. The summed E-state index contributed by atoms with van der Waals surface area (Å²) in [6.07, 6.45) is 9.04. The minimum atomic E-state index is -0.913. The van der Waals surface area contributed by atoms with Crippen molar-refractivity contribution in [1.82, 2.24) is 5.32 Å². The molecule has 0 fully saturated rings. The van der Waals surface area contributed by atoms with Crippen molar-refractivity contribution >= 4 is 18.0 Å². The second-order valence-electron chi connectivity index (χ2n) is 14.2. The molecule has 7 nitrogen and oxygen atoms in total. The van der Waals surface area contributed by atoms with Crippen LogP contribution in [0.2, 0.25) is 0 Å². The minimum Gasteiger partial charge on any atom is -0.461 e. The van der Waals surface area contributed by atoms with Gasteiger partial charge in [0.25, 0.3) is 0 Å². The topological polar surface area (TPSA) is 90.9 Å². The molecule has 3 aromatic rings. The van der Waals surface area contributed by atoms with Gasteiger partial charge in [0.15, 0.2) is 0 Å². The van der Waals surface area contributed by atoms with Crippen LogP contribution in [0.4, 0.5) is 4.79 Å². The number of esters is 2. The zero-order valence-electron chi connectivity index (χ0n) is 30.5. The van der Waals surface area contributed by atoms with Crippen molar-refractivity contribution in [2.24, 2.45) is 11.8 Å². The summed E-state index contributed by atoms with van der Waals surface area (Å²) in [5.41, 5.74) is 5.42. The molecule has 0 spiro atoms. The highest BCUT2D eigenvalue weighted by atomic mass is 16.6. The Morgan fingerprint density at radius 3 is 1.86 bits per heavy atom. The lowest BCUT2D eigenvalue weighted by Gasteiger charge is -2.26. The maximum Gasteiger partial charge on any atom is 0.407 e. The summed E-state index contributed by atoms with van der Waals surface area (Å²) >= 11 is 0. The van der Waals surface area contributed by atoms with Gasteiger partial charge in [-0.05, 0) is 52.5 Å². The number of nitrogens with one attached hydrogen (secondary N) is 1. The smallest absolute Gasteiger partial charge is 0.407 e. The molecule has 4 rings (SSSR count). The third-order valence-corrected chi connectivity index (χ3v) is 9.81. The van der Waals surface area contributed by atoms with E-state index in [2.05, 4.69) is 43.4 Å². The largest absolute Gasteiger partial charge is 0.461 e. The van der Waals surface area contributed by atoms with Crippen LogP contribution in [0.25, 0.3) is 11.1 Å². The molecule has 0 radical (unpaired) electrons. The lowest BCUT2D eigenvalue weighted by Crippen LogP contribution is -2.47. The summed E-state index contributed by atoms with van der Waals surface area (Å²) in [4.78, 5) is 39.8. The zero-order chi connectivity index (χ0) is 35.7. The Hall–Kier alpha value is -4.13. The average Bonchev–Trinajstić information content (AvgIpc) is 3.44. The Morgan fingerprint density at radius 1 is 0.700 bits per heavy atom. The van der Waals surface area contributed by atoms with Gasteiger partial charge in [0, 0.05) is 5.92 Å². The van der Waals surface area contributed by atoms with E-state index in [1.165, 1.54) is 32.1 Å². The quantitative estimate of drug-likeness (QED) is 0.0683. The molecule has 1 aliphatic rings. The van der Waals surface area contributed by atoms with Gasteiger partial charge in [0.05, 0.1) is 6.42 Å². The highest BCUT2D eigenvalue weighted by molar-refractivity contribution is 5.82. The number of fused-ring (bicyclic) bond motifs is 3. The molecule has 0 aromatic heterocycles. The van der Waals surface area contributed by atoms with Gasteiger partial charge in [0.1, 0.15) is 25.4 Å². The van der Waals surface area contributed by atoms with Gasteiger partial charge in [0.2, 0.25) is 0 Å². The van der Waals surface area contributed by atoms with Gasteiger partial charge in [-0.3, -0.25) is 4.79 Å². The number of carbonyl (C=O) groups is 3. The van der Waals surface area contributed by atoms with Gasteiger partial charge in [-0.2, -0.15) is 0 Å². The summed E-state index contributed by atoms with van der Waals surface area (Å²) < 4.78 is 17.3. The van der Waals surface area contributed by atoms with Crippen molar-refractivity contribution in [3.8, 4) is 11.1 Å². The molecule has 7 heteroatoms. The van der Waals surface area contributed by atoms with E-state index in [0.29, 0.717) is 12.8 Å². The molecular formula is C43H57NO6. The predicted molar refractivity (Wildman–Crippen MR) is 199 cm³/mol. The van der Waals surface area contributed by atoms with Gasteiger partial charge in [-0.1, -0.05) is 158 Å². The van der Waals surface area contributed by atoms with Gasteiger partial charge >= 0.3 is 18.0 Å². The summed E-state index contributed by atoms with van der Waals surface area (Å²) in [6, 6.07) is 24.9. The van der Waals surface area contributed by atoms with E-state index in [4.69, 9.17) is 14.2 Å². The number of hydrogen-bond acceptors (Lipinski definition) is 6. The van der Waals surface area contributed by atoms with Gasteiger partial charge < -0.3 is 19.5 Å². The highest BCUT2D eigenvalue weighted by Crippen LogP contribution is 2.44. The lowest BCUT2D eigenvalue weighted by molar-refractivity contribution is -0.158. The number of rotatable bonds is 21. The van der Waals surface area contributed by atoms with E-state index in [-0.39, 0.29) is 31.5 Å². The van der Waals surface area contributed by atoms with Crippen LogP contribution in [-0.2, 0) is 30.4 Å². The number of hydrogen-bond donors (Lipinski definition) is 1. The van der Waals surface area contributed by atoms with Crippen LogP contribution in [-0.4, -0.2) is 36.8 Å². The number of ether oxygens (including phenoxy) is 3. The molecule has 0 bridgehead atoms. The monoisotopic (exact) mass is 683 g/mol. The van der Waals surface area contributed by atoms with E-state index < -0.39 is 30.2 Å². The zero-order valence-corrected chi connectivity index (χ0v) is 30.5. The van der Waals surface area contributed by atoms with Crippen LogP contribution < -0.4 is 5.32 Å². The normalized spacial score (nSPS) is 13.9. The predicted octanol–water partition coefficient (Wildman–Crippen LogP) is 10.2. The van der Waals surface area contributed by atoms with E-state index >= 15 is 0 Å². The van der Waals surface area contributed by atoms with Crippen molar-refractivity contribution in [1.29, 1.82) is 0 Å². The fourth-order valence-corrected chi connectivity index (χ4v) is 6.67. The van der Waals surface area contributed by atoms with Gasteiger partial charge in [-0.15, -0.1) is 0 Å². The van der Waals surface area contributed by atoms with Crippen molar-refractivity contribution in [2.75, 3.05) is 6.61 Å². The second-order valence-corrected chi connectivity index (χ2v) is 14.2. The number of alkyl carbamates (subject to hydrolysis) is 1. The number of unbranched alkanes of at least 4 members (excludes halogenated alkanes) is 6. The molecule has 270 valence electrons. The Bertz CT molecular complexity index is 1440. The first-order chi connectivity index (χ1) is 24.3. The minimum absolute atomic E-state index is 0.0358. The molecule has 50 heavy (non-hydrogen) atoms. The molecule has 0 saturated heterocycles. The van der Waals surface area contributed by atoms with E-state index in [0.717, 1.165) is 53.0 Å². The molecule has 1 amide bonds. The fourth-order valence-electron chi connectivity index (χ4n) is 6.67. The van der Waals surface area contributed by atoms with Crippen LogP contribution in [0.15, 0.2) is 78.9 Å². The molecule has 3 aromatic carbocycles. The first-order valence-electron chi connectivity index (χ1n) is 18.8. The molecular weight excluding hydrogens is 626 g/mol. The van der Waals surface area contributed by atoms with Crippen LogP contribution >= 0.6 is 0 Å². The molecule has 0 heterocycles. The number of amides is 1. The Morgan fingerprint density at radius 2 is 1.26 bits per heavy atom. The SMILES string of the molecule is CC[C@H](C)[C@H](NC(=O)OCC1c2ccccc2-c2ccccc21)C(=O)O[C@H](CCCCCCCCCC(C)C)CC(=O)OCc1ccccc1. The molecule has 1 aliphatic carbocycles. The van der Waals surface area contributed by atoms with Gasteiger partial charge in [-0.25, -0.2) is 9.59 Å². The first kappa shape index (κ1) is 38.7. The molecule has 0 unspecified atom stereocenters. The number of benzene rings is 3. The van der Waals surface area contributed by atoms with Crippen molar-refractivity contribution in [2.45, 2.75) is 123 Å². The lowest BCUT2D eigenvalue weighted by atomic mass is 9.98. The van der Waals surface area contributed by atoms with Crippen molar-refractivity contribution in [3.05, 3.63) is 95.6 Å². The Kier molecular flexibility index (Phi) is 15.9. The fraction of sp³-hybridized carbons (Fsp3) is 0.512. The summed E-state index contributed by atoms with van der Waals surface area (Å²) in [7, 11) is 0. The number of carbonyl (C=O) groups excluding carboxylic acids is 3. The van der Waals surface area contributed by atoms with Crippen LogP contribution in [0, 0.1) is 11.8 Å².